The molecule has 0 aliphatic heterocycles. The Bertz CT molecular complexity index is 967. The molecule has 2 N–H and O–H groups in total. The highest BCUT2D eigenvalue weighted by atomic mass is 32.2. The maximum atomic E-state index is 12.5. The van der Waals surface area contributed by atoms with Crippen LogP contribution in [0.2, 0.25) is 0 Å². The molecule has 0 bridgehead atoms. The molecule has 1 atom stereocenters. The number of hydrogen-bond acceptors (Lipinski definition) is 5. The average molecular weight is 374 g/mol. The number of carbonyl (C=O) groups excluding carboxylic acids is 1. The second-order valence-electron chi connectivity index (χ2n) is 6.55. The molecule has 3 aromatic heterocycles. The molecule has 0 aliphatic rings. The van der Waals surface area contributed by atoms with E-state index in [0.29, 0.717) is 5.69 Å². The zero-order chi connectivity index (χ0) is 18.9. The Kier molecular flexibility index (Phi) is 4.70. The zero-order valence-electron chi connectivity index (χ0n) is 14.4. The zero-order valence-corrected chi connectivity index (χ0v) is 15.3. The summed E-state index contributed by atoms with van der Waals surface area (Å²) in [5, 5.41) is 6.96. The predicted octanol–water partition coefficient (Wildman–Crippen LogP) is 1.93. The van der Waals surface area contributed by atoms with Gasteiger partial charge in [-0.1, -0.05) is 0 Å². The Labute approximate surface area is 152 Å². The van der Waals surface area contributed by atoms with Crippen LogP contribution in [0.4, 0.5) is 11.5 Å². The van der Waals surface area contributed by atoms with E-state index in [1.54, 1.807) is 24.5 Å². The number of nitrogens with one attached hydrogen (secondary N) is 1. The van der Waals surface area contributed by atoms with Crippen molar-refractivity contribution in [2.45, 2.75) is 26.3 Å². The van der Waals surface area contributed by atoms with Crippen molar-refractivity contribution in [2.24, 2.45) is 0 Å². The molecule has 3 aromatic rings. The Balaban J connectivity index is 2.06. The highest BCUT2D eigenvalue weighted by molar-refractivity contribution is 7.81. The van der Waals surface area contributed by atoms with E-state index in [0.717, 1.165) is 4.31 Å². The average Bonchev–Trinajstić information content (AvgIpc) is 2.97. The van der Waals surface area contributed by atoms with Crippen LogP contribution in [-0.4, -0.2) is 39.8 Å². The van der Waals surface area contributed by atoms with Crippen molar-refractivity contribution in [3.63, 3.8) is 0 Å². The first-order valence-corrected chi connectivity index (χ1v) is 8.81. The molecule has 1 amide bonds. The molecule has 9 nitrogen and oxygen atoms in total. The topological polar surface area (TPSA) is 113 Å². The van der Waals surface area contributed by atoms with Crippen LogP contribution in [0.1, 0.15) is 31.1 Å². The van der Waals surface area contributed by atoms with E-state index in [4.69, 9.17) is 0 Å². The van der Waals surface area contributed by atoms with Crippen molar-refractivity contribution in [3.05, 3.63) is 48.5 Å². The number of anilines is 2. The van der Waals surface area contributed by atoms with Gasteiger partial charge in [-0.2, -0.15) is 5.10 Å². The summed E-state index contributed by atoms with van der Waals surface area (Å²) in [5.41, 5.74) is 0.530. The van der Waals surface area contributed by atoms with Crippen LogP contribution in [0.25, 0.3) is 5.65 Å². The number of hydrogen-bond donors (Lipinski definition) is 2. The predicted molar refractivity (Wildman–Crippen MR) is 97.4 cm³/mol. The molecule has 3 rings (SSSR count). The quantitative estimate of drug-likeness (QED) is 0.675. The third-order valence-electron chi connectivity index (χ3n) is 3.33. The van der Waals surface area contributed by atoms with Crippen molar-refractivity contribution in [3.8, 4) is 0 Å². The minimum Gasteiger partial charge on any atom is -0.347 e. The Hall–Kier alpha value is -2.85. The number of fused-ring (bicyclic) bond motifs is 1. The molecular weight excluding hydrogens is 356 g/mol. The molecule has 136 valence electrons. The molecule has 0 spiro atoms. The van der Waals surface area contributed by atoms with Crippen LogP contribution in [0.5, 0.6) is 0 Å². The van der Waals surface area contributed by atoms with Crippen molar-refractivity contribution in [2.75, 3.05) is 4.31 Å². The lowest BCUT2D eigenvalue weighted by Crippen LogP contribution is -2.40. The van der Waals surface area contributed by atoms with Crippen molar-refractivity contribution in [1.29, 1.82) is 0 Å². The van der Waals surface area contributed by atoms with Crippen LogP contribution < -0.4 is 9.62 Å². The van der Waals surface area contributed by atoms with Gasteiger partial charge in [-0.05, 0) is 32.9 Å². The molecule has 10 heteroatoms. The molecule has 0 aliphatic carbocycles. The van der Waals surface area contributed by atoms with Gasteiger partial charge in [0, 0.05) is 24.0 Å². The van der Waals surface area contributed by atoms with E-state index in [-0.39, 0.29) is 22.9 Å². The lowest BCUT2D eigenvalue weighted by molar-refractivity contribution is 0.0921. The molecule has 3 heterocycles. The minimum absolute atomic E-state index is 0.191. The van der Waals surface area contributed by atoms with Crippen LogP contribution in [0.15, 0.2) is 43.0 Å². The summed E-state index contributed by atoms with van der Waals surface area (Å²) >= 11 is -2.37. The summed E-state index contributed by atoms with van der Waals surface area (Å²) < 4.78 is 24.1. The number of pyridine rings is 1. The molecular formula is C16H18N6O3S. The van der Waals surface area contributed by atoms with Gasteiger partial charge in [0.05, 0.1) is 18.1 Å². The summed E-state index contributed by atoms with van der Waals surface area (Å²) in [6.07, 6.45) is 5.99. The fourth-order valence-electron chi connectivity index (χ4n) is 2.32. The maximum Gasteiger partial charge on any atom is 0.267 e. The summed E-state index contributed by atoms with van der Waals surface area (Å²) in [7, 11) is 0. The second kappa shape index (κ2) is 6.81. The minimum atomic E-state index is -2.37. The van der Waals surface area contributed by atoms with Gasteiger partial charge in [0.2, 0.25) is 0 Å². The fraction of sp³-hybridized carbons (Fsp3) is 0.250. The number of carbonyl (C=O) groups is 1. The van der Waals surface area contributed by atoms with Crippen molar-refractivity contribution in [1.82, 2.24) is 24.9 Å². The Morgan fingerprint density at radius 1 is 1.31 bits per heavy atom. The molecule has 1 unspecified atom stereocenters. The molecule has 0 aromatic carbocycles. The summed E-state index contributed by atoms with van der Waals surface area (Å²) in [6.45, 7) is 5.61. The van der Waals surface area contributed by atoms with Gasteiger partial charge < -0.3 is 5.32 Å². The second-order valence-corrected chi connectivity index (χ2v) is 7.38. The first-order valence-electron chi connectivity index (χ1n) is 7.74. The van der Waals surface area contributed by atoms with E-state index < -0.39 is 16.8 Å². The van der Waals surface area contributed by atoms with Gasteiger partial charge in [-0.25, -0.2) is 18.0 Å². The van der Waals surface area contributed by atoms with Crippen LogP contribution >= 0.6 is 0 Å². The summed E-state index contributed by atoms with van der Waals surface area (Å²) in [4.78, 5) is 20.8. The van der Waals surface area contributed by atoms with E-state index >= 15 is 0 Å². The van der Waals surface area contributed by atoms with Gasteiger partial charge in [-0.15, -0.1) is 0 Å². The molecule has 26 heavy (non-hydrogen) atoms. The largest absolute Gasteiger partial charge is 0.347 e. The normalized spacial score (nSPS) is 12.8. The number of nitrogens with zero attached hydrogens (tertiary/aromatic N) is 5. The SMILES string of the molecule is CC(C)(C)NC(=O)c1cnn2ccc(N(c3cccnc3)S(=O)O)nc12. The standard InChI is InChI=1S/C16H18N6O3S/c1-16(2,3)20-15(23)12-10-18-21-8-6-13(19-14(12)21)22(26(24)25)11-5-4-7-17-9-11/h4-10H,1-3H3,(H,20,23)(H,24,25). The highest BCUT2D eigenvalue weighted by Gasteiger charge is 2.22. The number of rotatable bonds is 4. The number of amides is 1. The van der Waals surface area contributed by atoms with E-state index in [2.05, 4.69) is 20.4 Å². The van der Waals surface area contributed by atoms with Gasteiger partial charge in [-0.3, -0.25) is 14.3 Å². The van der Waals surface area contributed by atoms with Crippen LogP contribution in [0.3, 0.4) is 0 Å². The lowest BCUT2D eigenvalue weighted by atomic mass is 10.1. The van der Waals surface area contributed by atoms with E-state index in [1.807, 2.05) is 20.8 Å². The first-order chi connectivity index (χ1) is 12.3. The molecule has 0 saturated heterocycles. The first kappa shape index (κ1) is 18.0. The monoisotopic (exact) mass is 374 g/mol. The smallest absolute Gasteiger partial charge is 0.267 e. The molecule has 0 fully saturated rings. The van der Waals surface area contributed by atoms with E-state index in [9.17, 15) is 13.6 Å². The Morgan fingerprint density at radius 3 is 2.69 bits per heavy atom. The van der Waals surface area contributed by atoms with E-state index in [1.165, 1.54) is 23.0 Å². The third kappa shape index (κ3) is 3.70. The van der Waals surface area contributed by atoms with Crippen molar-refractivity contribution >= 4 is 34.3 Å². The van der Waals surface area contributed by atoms with Gasteiger partial charge in [0.25, 0.3) is 17.2 Å². The lowest BCUT2D eigenvalue weighted by Gasteiger charge is -2.20. The summed E-state index contributed by atoms with van der Waals surface area (Å²) in [5.74, 6) is -0.133. The molecule has 0 radical (unpaired) electrons. The van der Waals surface area contributed by atoms with Gasteiger partial charge >= 0.3 is 0 Å². The Morgan fingerprint density at radius 2 is 2.08 bits per heavy atom. The third-order valence-corrected chi connectivity index (χ3v) is 4.04. The highest BCUT2D eigenvalue weighted by Crippen LogP contribution is 2.25. The fourth-order valence-corrected chi connectivity index (χ4v) is 2.87. The van der Waals surface area contributed by atoms with Crippen molar-refractivity contribution < 1.29 is 13.6 Å². The van der Waals surface area contributed by atoms with Crippen LogP contribution in [-0.2, 0) is 11.3 Å². The molecule has 0 saturated carbocycles. The van der Waals surface area contributed by atoms with Gasteiger partial charge in [0.15, 0.2) is 11.5 Å². The summed E-state index contributed by atoms with van der Waals surface area (Å²) in [6, 6.07) is 4.82. The van der Waals surface area contributed by atoms with Gasteiger partial charge in [0.1, 0.15) is 5.56 Å². The number of aromatic nitrogens is 4. The van der Waals surface area contributed by atoms with Crippen LogP contribution in [0, 0.1) is 0 Å². The maximum absolute atomic E-state index is 12.5.